The predicted molar refractivity (Wildman–Crippen MR) is 101 cm³/mol. The Morgan fingerprint density at radius 3 is 2.58 bits per heavy atom. The van der Waals surface area contributed by atoms with Gasteiger partial charge in [-0.25, -0.2) is 0 Å². The molecule has 0 amide bonds. The minimum atomic E-state index is 0. The first-order chi connectivity index (χ1) is 11.1. The third kappa shape index (κ3) is 3.78. The molecule has 1 aliphatic heterocycles. The molecular weight excluding hydrogens is 322 g/mol. The number of fused-ring (bicyclic) bond motifs is 1. The maximum atomic E-state index is 12.8. The van der Waals surface area contributed by atoms with Crippen LogP contribution in [0.25, 0.3) is 0 Å². The molecule has 1 atom stereocenters. The summed E-state index contributed by atoms with van der Waals surface area (Å²) in [6, 6.07) is 4.41. The number of nitrogens with zero attached hydrogens (tertiary/aromatic N) is 1. The van der Waals surface area contributed by atoms with Crippen LogP contribution in [0.4, 0.5) is 0 Å². The normalized spacial score (nSPS) is 20.6. The number of ether oxygens (including phenoxy) is 1. The highest BCUT2D eigenvalue weighted by Crippen LogP contribution is 2.42. The summed E-state index contributed by atoms with van der Waals surface area (Å²) in [4.78, 5) is 15.4. The van der Waals surface area contributed by atoms with E-state index in [1.807, 2.05) is 12.1 Å². The smallest absolute Gasteiger partial charge is 0.163 e. The predicted octanol–water partition coefficient (Wildman–Crippen LogP) is 4.82. The van der Waals surface area contributed by atoms with E-state index in [0.29, 0.717) is 24.2 Å². The summed E-state index contributed by atoms with van der Waals surface area (Å²) in [5.74, 6) is 1.66. The number of methoxy groups -OCH3 is 1. The summed E-state index contributed by atoms with van der Waals surface area (Å²) in [6.45, 7) is 6.57. The molecule has 1 fully saturated rings. The number of carbonyl (C=O) groups excluding carboxylic acids is 1. The second-order valence-corrected chi connectivity index (χ2v) is 7.38. The summed E-state index contributed by atoms with van der Waals surface area (Å²) in [5.41, 5.74) is 3.51. The SMILES string of the molecule is COc1ccc(C(=O)CC(C)C)c2c1CCCC2N1CCCC1.Cl. The number of benzene rings is 1. The van der Waals surface area contributed by atoms with Crippen molar-refractivity contribution >= 4 is 18.2 Å². The Labute approximate surface area is 152 Å². The molecule has 24 heavy (non-hydrogen) atoms. The molecule has 1 unspecified atom stereocenters. The fourth-order valence-electron chi connectivity index (χ4n) is 4.23. The molecule has 0 radical (unpaired) electrons. The lowest BCUT2D eigenvalue weighted by Crippen LogP contribution is -2.30. The molecule has 1 aliphatic carbocycles. The van der Waals surface area contributed by atoms with Crippen LogP contribution in [0, 0.1) is 5.92 Å². The van der Waals surface area contributed by atoms with Crippen LogP contribution in [0.2, 0.25) is 0 Å². The molecule has 4 heteroatoms. The second kappa shape index (κ2) is 8.35. The van der Waals surface area contributed by atoms with Crippen molar-refractivity contribution in [2.75, 3.05) is 20.2 Å². The average molecular weight is 352 g/mol. The molecule has 134 valence electrons. The first-order valence-electron chi connectivity index (χ1n) is 9.08. The van der Waals surface area contributed by atoms with Gasteiger partial charge >= 0.3 is 0 Å². The van der Waals surface area contributed by atoms with Gasteiger partial charge in [0.15, 0.2) is 5.78 Å². The van der Waals surface area contributed by atoms with E-state index in [4.69, 9.17) is 4.74 Å². The lowest BCUT2D eigenvalue weighted by Gasteiger charge is -2.35. The van der Waals surface area contributed by atoms with Crippen LogP contribution in [0.3, 0.4) is 0 Å². The number of hydrogen-bond acceptors (Lipinski definition) is 3. The topological polar surface area (TPSA) is 29.5 Å². The van der Waals surface area contributed by atoms with E-state index in [1.165, 1.54) is 49.9 Å². The highest BCUT2D eigenvalue weighted by atomic mass is 35.5. The summed E-state index contributed by atoms with van der Waals surface area (Å²) in [6.07, 6.45) is 6.59. The Morgan fingerprint density at radius 1 is 1.25 bits per heavy atom. The van der Waals surface area contributed by atoms with E-state index >= 15 is 0 Å². The number of rotatable bonds is 5. The molecule has 0 saturated carbocycles. The quantitative estimate of drug-likeness (QED) is 0.712. The first kappa shape index (κ1) is 19.3. The van der Waals surface area contributed by atoms with Gasteiger partial charge in [-0.3, -0.25) is 9.69 Å². The minimum Gasteiger partial charge on any atom is -0.496 e. The molecule has 0 spiro atoms. The van der Waals surface area contributed by atoms with E-state index in [9.17, 15) is 4.79 Å². The van der Waals surface area contributed by atoms with Gasteiger partial charge in [-0.05, 0) is 74.4 Å². The highest BCUT2D eigenvalue weighted by molar-refractivity contribution is 5.98. The van der Waals surface area contributed by atoms with Crippen LogP contribution < -0.4 is 4.74 Å². The monoisotopic (exact) mass is 351 g/mol. The number of Topliss-reactive ketones (excluding diaryl/α,β-unsaturated/α-hetero) is 1. The van der Waals surface area contributed by atoms with Crippen molar-refractivity contribution in [3.63, 3.8) is 0 Å². The molecule has 1 heterocycles. The van der Waals surface area contributed by atoms with Gasteiger partial charge in [-0.1, -0.05) is 13.8 Å². The van der Waals surface area contributed by atoms with Crippen LogP contribution in [-0.4, -0.2) is 30.9 Å². The number of carbonyl (C=O) groups is 1. The Morgan fingerprint density at radius 2 is 1.96 bits per heavy atom. The van der Waals surface area contributed by atoms with Gasteiger partial charge < -0.3 is 4.74 Å². The number of halogens is 1. The summed E-state index contributed by atoms with van der Waals surface area (Å²) in [7, 11) is 1.74. The zero-order valence-electron chi connectivity index (χ0n) is 15.1. The summed E-state index contributed by atoms with van der Waals surface area (Å²) in [5, 5.41) is 0. The molecule has 1 aromatic rings. The third-order valence-corrected chi connectivity index (χ3v) is 5.25. The Hall–Kier alpha value is -1.06. The molecule has 3 nitrogen and oxygen atoms in total. The third-order valence-electron chi connectivity index (χ3n) is 5.25. The molecule has 0 bridgehead atoms. The molecule has 3 rings (SSSR count). The van der Waals surface area contributed by atoms with E-state index in [-0.39, 0.29) is 12.4 Å². The Kier molecular flexibility index (Phi) is 6.70. The van der Waals surface area contributed by atoms with Crippen LogP contribution in [0.5, 0.6) is 5.75 Å². The van der Waals surface area contributed by atoms with Gasteiger partial charge in [-0.2, -0.15) is 0 Å². The second-order valence-electron chi connectivity index (χ2n) is 7.38. The summed E-state index contributed by atoms with van der Waals surface area (Å²) >= 11 is 0. The molecule has 1 saturated heterocycles. The van der Waals surface area contributed by atoms with Crippen molar-refractivity contribution in [3.8, 4) is 5.75 Å². The van der Waals surface area contributed by atoms with Crippen LogP contribution in [0.1, 0.15) is 73.5 Å². The minimum absolute atomic E-state index is 0. The van der Waals surface area contributed by atoms with Crippen molar-refractivity contribution in [2.45, 2.75) is 58.4 Å². The van der Waals surface area contributed by atoms with E-state index in [0.717, 1.165) is 17.7 Å². The molecule has 0 N–H and O–H groups in total. The van der Waals surface area contributed by atoms with Crippen LogP contribution in [-0.2, 0) is 6.42 Å². The van der Waals surface area contributed by atoms with Crippen molar-refractivity contribution < 1.29 is 9.53 Å². The number of hydrogen-bond donors (Lipinski definition) is 0. The zero-order chi connectivity index (χ0) is 16.4. The van der Waals surface area contributed by atoms with Gasteiger partial charge in [0.2, 0.25) is 0 Å². The van der Waals surface area contributed by atoms with Crippen molar-refractivity contribution in [2.24, 2.45) is 5.92 Å². The van der Waals surface area contributed by atoms with Crippen molar-refractivity contribution in [3.05, 3.63) is 28.8 Å². The fraction of sp³-hybridized carbons (Fsp3) is 0.650. The lowest BCUT2D eigenvalue weighted by atomic mass is 9.81. The average Bonchev–Trinajstić information content (AvgIpc) is 3.06. The van der Waals surface area contributed by atoms with Gasteiger partial charge in [0.25, 0.3) is 0 Å². The first-order valence-corrected chi connectivity index (χ1v) is 9.08. The van der Waals surface area contributed by atoms with E-state index in [2.05, 4.69) is 18.7 Å². The number of ketones is 1. The lowest BCUT2D eigenvalue weighted by molar-refractivity contribution is 0.0963. The van der Waals surface area contributed by atoms with E-state index < -0.39 is 0 Å². The number of likely N-dealkylation sites (tertiary alicyclic amines) is 1. The highest BCUT2D eigenvalue weighted by Gasteiger charge is 2.33. The van der Waals surface area contributed by atoms with E-state index in [1.54, 1.807) is 7.11 Å². The molecule has 1 aromatic carbocycles. The van der Waals surface area contributed by atoms with Gasteiger partial charge in [0.1, 0.15) is 5.75 Å². The van der Waals surface area contributed by atoms with Crippen LogP contribution in [0.15, 0.2) is 12.1 Å². The Balaban J connectivity index is 0.00000208. The molecule has 2 aliphatic rings. The molecular formula is C20H30ClNO2. The van der Waals surface area contributed by atoms with Gasteiger partial charge in [0.05, 0.1) is 7.11 Å². The van der Waals surface area contributed by atoms with Crippen molar-refractivity contribution in [1.82, 2.24) is 4.90 Å². The molecule has 0 aromatic heterocycles. The maximum Gasteiger partial charge on any atom is 0.163 e. The van der Waals surface area contributed by atoms with Gasteiger partial charge in [0, 0.05) is 18.0 Å². The Bertz CT molecular complexity index is 579. The maximum absolute atomic E-state index is 12.8. The standard InChI is InChI=1S/C20H29NO2.ClH/c1-14(2)13-18(22)15-9-10-19(23-3)16-7-6-8-17(20(15)16)21-11-4-5-12-21;/h9-10,14,17H,4-8,11-13H2,1-3H3;1H. The zero-order valence-corrected chi connectivity index (χ0v) is 16.0. The van der Waals surface area contributed by atoms with Gasteiger partial charge in [-0.15, -0.1) is 12.4 Å². The fourth-order valence-corrected chi connectivity index (χ4v) is 4.23. The summed E-state index contributed by atoms with van der Waals surface area (Å²) < 4.78 is 5.61. The largest absolute Gasteiger partial charge is 0.496 e. The van der Waals surface area contributed by atoms with Crippen molar-refractivity contribution in [1.29, 1.82) is 0 Å². The van der Waals surface area contributed by atoms with Crippen LogP contribution >= 0.6 is 12.4 Å².